The minimum absolute atomic E-state index is 0.0503. The van der Waals surface area contributed by atoms with E-state index in [1.165, 1.54) is 6.07 Å². The molecule has 10 heteroatoms. The highest BCUT2D eigenvalue weighted by atomic mass is 19.1. The molecule has 8 rings (SSSR count). The largest absolute Gasteiger partial charge is 0.489 e. The lowest BCUT2D eigenvalue weighted by atomic mass is 9.55. The average molecular weight is 859 g/mol. The Morgan fingerprint density at radius 3 is 2.43 bits per heavy atom. The molecule has 0 spiro atoms. The Bertz CT molecular complexity index is 2310. The van der Waals surface area contributed by atoms with Gasteiger partial charge in [-0.25, -0.2) is 4.39 Å². The first-order chi connectivity index (χ1) is 30.5. The standard InChI is InChI=1S/C53H63FN2O7/c1-5-29-61-53-48(56(51(59)36-23-24-36)33-38-19-14-18-35-15-6-8-20-41(35)38)32-46(55-63-52(2,3)4)43-30-37(16-10-12-27-57)42(21-11-13-28-58)49(50(43)53)44-31-40(25-26-47(44)62-53)60-34-39-17-7-9-22-45(39)54/h5-9,14-15,17-20,22,25-26,30-31,36-37,42,48-50,57-58H,1,10-13,16,21,23-24,27-29,32-34H2,2-4H3. The van der Waals surface area contributed by atoms with Crippen molar-refractivity contribution >= 4 is 22.4 Å². The van der Waals surface area contributed by atoms with E-state index in [0.29, 0.717) is 42.9 Å². The second kappa shape index (κ2) is 19.4. The van der Waals surface area contributed by atoms with Crippen molar-refractivity contribution < 1.29 is 38.4 Å². The van der Waals surface area contributed by atoms with Crippen LogP contribution in [-0.4, -0.2) is 64.0 Å². The highest BCUT2D eigenvalue weighted by Gasteiger charge is 2.66. The van der Waals surface area contributed by atoms with Crippen LogP contribution in [0.1, 0.15) is 101 Å². The Labute approximate surface area is 371 Å². The van der Waals surface area contributed by atoms with Crippen LogP contribution >= 0.6 is 0 Å². The van der Waals surface area contributed by atoms with Crippen LogP contribution in [0.15, 0.2) is 114 Å². The highest BCUT2D eigenvalue weighted by Crippen LogP contribution is 2.62. The fourth-order valence-corrected chi connectivity index (χ4v) is 10.2. The minimum atomic E-state index is -1.38. The van der Waals surface area contributed by atoms with Gasteiger partial charge in [0.25, 0.3) is 0 Å². The van der Waals surface area contributed by atoms with Crippen LogP contribution in [-0.2, 0) is 27.5 Å². The van der Waals surface area contributed by atoms with Crippen LogP contribution < -0.4 is 9.47 Å². The summed E-state index contributed by atoms with van der Waals surface area (Å²) in [6.45, 7) is 10.8. The van der Waals surface area contributed by atoms with E-state index in [-0.39, 0.29) is 61.8 Å². The number of benzene rings is 4. The number of hydrogen-bond donors (Lipinski definition) is 2. The van der Waals surface area contributed by atoms with Gasteiger partial charge in [0.05, 0.1) is 18.2 Å². The molecule has 1 heterocycles. The van der Waals surface area contributed by atoms with Crippen molar-refractivity contribution in [3.05, 3.63) is 132 Å². The van der Waals surface area contributed by atoms with Gasteiger partial charge < -0.3 is 34.2 Å². The number of fused-ring (bicyclic) bond motifs is 3. The molecular formula is C53H63FN2O7. The van der Waals surface area contributed by atoms with Crippen molar-refractivity contribution in [2.24, 2.45) is 28.8 Å². The summed E-state index contributed by atoms with van der Waals surface area (Å²) < 4.78 is 35.9. The van der Waals surface area contributed by atoms with Gasteiger partial charge in [0, 0.05) is 49.1 Å². The zero-order valence-electron chi connectivity index (χ0n) is 37.0. The number of aliphatic hydroxyl groups is 2. The number of rotatable bonds is 19. The van der Waals surface area contributed by atoms with Crippen LogP contribution in [0.3, 0.4) is 0 Å². The number of hydrogen-bond acceptors (Lipinski definition) is 8. The normalized spacial score (nSPS) is 24.5. The fourth-order valence-electron chi connectivity index (χ4n) is 10.2. The third-order valence-electron chi connectivity index (χ3n) is 13.2. The molecular weight excluding hydrogens is 796 g/mol. The Hall–Kier alpha value is -5.03. The zero-order chi connectivity index (χ0) is 44.1. The van der Waals surface area contributed by atoms with Crippen LogP contribution in [0.25, 0.3) is 10.8 Å². The second-order valence-electron chi connectivity index (χ2n) is 18.7. The second-order valence-corrected chi connectivity index (χ2v) is 18.7. The molecule has 0 radical (unpaired) electrons. The van der Waals surface area contributed by atoms with Gasteiger partial charge in [-0.05, 0) is 117 Å². The summed E-state index contributed by atoms with van der Waals surface area (Å²) >= 11 is 0. The summed E-state index contributed by atoms with van der Waals surface area (Å²) in [4.78, 5) is 23.4. The first kappa shape index (κ1) is 44.6. The van der Waals surface area contributed by atoms with E-state index in [2.05, 4.69) is 43.0 Å². The van der Waals surface area contributed by atoms with Gasteiger partial charge in [-0.3, -0.25) is 4.79 Å². The van der Waals surface area contributed by atoms with Crippen molar-refractivity contribution in [3.63, 3.8) is 0 Å². The number of aliphatic hydroxyl groups excluding tert-OH is 2. The van der Waals surface area contributed by atoms with Gasteiger partial charge in [-0.2, -0.15) is 0 Å². The number of halogens is 1. The number of allylic oxidation sites excluding steroid dienone is 1. The minimum Gasteiger partial charge on any atom is -0.489 e. The molecule has 2 fully saturated rings. The summed E-state index contributed by atoms with van der Waals surface area (Å²) in [5.41, 5.74) is 3.58. The van der Waals surface area contributed by atoms with Crippen LogP contribution in [0, 0.1) is 29.5 Å². The van der Waals surface area contributed by atoms with E-state index in [1.54, 1.807) is 24.3 Å². The maximum Gasteiger partial charge on any atom is 0.239 e. The van der Waals surface area contributed by atoms with Crippen molar-refractivity contribution in [2.45, 2.75) is 115 Å². The van der Waals surface area contributed by atoms with Gasteiger partial charge in [-0.1, -0.05) is 90.8 Å². The van der Waals surface area contributed by atoms with Crippen molar-refractivity contribution in [1.82, 2.24) is 4.90 Å². The number of amides is 1. The van der Waals surface area contributed by atoms with E-state index in [0.717, 1.165) is 71.7 Å². The maximum absolute atomic E-state index is 15.1. The number of nitrogens with zero attached hydrogens (tertiary/aromatic N) is 2. The van der Waals surface area contributed by atoms with Crippen LogP contribution in [0.5, 0.6) is 11.5 Å². The molecule has 0 saturated heterocycles. The lowest BCUT2D eigenvalue weighted by Crippen LogP contribution is -2.70. The third kappa shape index (κ3) is 9.59. The molecule has 4 aromatic rings. The van der Waals surface area contributed by atoms with E-state index < -0.39 is 23.3 Å². The molecule has 1 amide bonds. The average Bonchev–Trinajstić information content (AvgIpc) is 4.14. The number of unbranched alkanes of at least 4 members (excludes halogenated alkanes) is 2. The lowest BCUT2D eigenvalue weighted by Gasteiger charge is -2.60. The molecule has 63 heavy (non-hydrogen) atoms. The smallest absolute Gasteiger partial charge is 0.239 e. The summed E-state index contributed by atoms with van der Waals surface area (Å²) in [6.07, 6.45) is 10.7. The molecule has 2 saturated carbocycles. The fraction of sp³-hybridized carbons (Fsp3) is 0.472. The Morgan fingerprint density at radius 1 is 0.952 bits per heavy atom. The summed E-state index contributed by atoms with van der Waals surface area (Å²) in [7, 11) is 0. The first-order valence-corrected chi connectivity index (χ1v) is 22.9. The van der Waals surface area contributed by atoms with Crippen LogP contribution in [0.4, 0.5) is 4.39 Å². The predicted octanol–water partition coefficient (Wildman–Crippen LogP) is 10.4. The zero-order valence-corrected chi connectivity index (χ0v) is 37.0. The van der Waals surface area contributed by atoms with E-state index in [4.69, 9.17) is 24.2 Å². The quantitative estimate of drug-likeness (QED) is 0.0549. The molecule has 1 aliphatic heterocycles. The predicted molar refractivity (Wildman–Crippen MR) is 244 cm³/mol. The molecule has 9 nitrogen and oxygen atoms in total. The molecule has 0 aromatic heterocycles. The van der Waals surface area contributed by atoms with Gasteiger partial charge in [-0.15, -0.1) is 6.58 Å². The van der Waals surface area contributed by atoms with E-state index >= 15 is 4.79 Å². The van der Waals surface area contributed by atoms with Crippen molar-refractivity contribution in [2.75, 3.05) is 19.8 Å². The number of carbonyl (C=O) groups excluding carboxylic acids is 1. The van der Waals surface area contributed by atoms with Gasteiger partial charge in [0.2, 0.25) is 11.7 Å². The summed E-state index contributed by atoms with van der Waals surface area (Å²) in [6, 6.07) is 26.4. The molecule has 6 atom stereocenters. The lowest BCUT2D eigenvalue weighted by molar-refractivity contribution is -0.258. The molecule has 0 bridgehead atoms. The molecule has 4 aliphatic rings. The molecule has 4 aromatic carbocycles. The molecule has 2 N–H and O–H groups in total. The van der Waals surface area contributed by atoms with Crippen molar-refractivity contribution in [3.8, 4) is 11.5 Å². The number of ether oxygens (including phenoxy) is 3. The number of oxime groups is 1. The molecule has 3 aliphatic carbocycles. The summed E-state index contributed by atoms with van der Waals surface area (Å²) in [5, 5.41) is 27.2. The van der Waals surface area contributed by atoms with Gasteiger partial charge >= 0.3 is 0 Å². The SMILES string of the molecule is C=CCOC12Oc3ccc(OCc4ccccc4F)cc3C3C(CCCCO)C(CCCCO)C=C(C(=NOC(C)(C)C)CC1N(Cc1cccc4ccccc14)C(=O)C1CC1)C32. The topological polar surface area (TPSA) is 110 Å². The van der Waals surface area contributed by atoms with E-state index in [1.807, 2.05) is 56.0 Å². The van der Waals surface area contributed by atoms with Gasteiger partial charge in [0.1, 0.15) is 35.6 Å². The first-order valence-electron chi connectivity index (χ1n) is 22.9. The third-order valence-corrected chi connectivity index (χ3v) is 13.2. The molecule has 6 unspecified atom stereocenters. The summed E-state index contributed by atoms with van der Waals surface area (Å²) in [5.74, 6) is -1.06. The number of carbonyl (C=O) groups is 1. The Morgan fingerprint density at radius 2 is 1.68 bits per heavy atom. The highest BCUT2D eigenvalue weighted by molar-refractivity contribution is 6.03. The maximum atomic E-state index is 15.1. The molecule has 334 valence electrons. The Balaban J connectivity index is 1.34. The van der Waals surface area contributed by atoms with E-state index in [9.17, 15) is 14.6 Å². The monoisotopic (exact) mass is 858 g/mol. The van der Waals surface area contributed by atoms with Crippen molar-refractivity contribution in [1.29, 1.82) is 0 Å². The van der Waals surface area contributed by atoms with Crippen LogP contribution in [0.2, 0.25) is 0 Å². The Kier molecular flexibility index (Phi) is 13.7. The van der Waals surface area contributed by atoms with Gasteiger partial charge in [0.15, 0.2) is 0 Å².